The molecule has 22 heavy (non-hydrogen) atoms. The lowest BCUT2D eigenvalue weighted by Crippen LogP contribution is -1.94. The predicted octanol–water partition coefficient (Wildman–Crippen LogP) is 3.93. The molecule has 0 saturated carbocycles. The van der Waals surface area contributed by atoms with E-state index in [2.05, 4.69) is 4.98 Å². The number of para-hydroxylation sites is 1. The Hall–Kier alpha value is -2.75. The van der Waals surface area contributed by atoms with Crippen molar-refractivity contribution in [1.29, 1.82) is 0 Å². The van der Waals surface area contributed by atoms with Crippen molar-refractivity contribution >= 4 is 10.8 Å². The van der Waals surface area contributed by atoms with Gasteiger partial charge >= 0.3 is 0 Å². The number of rotatable bonds is 4. The van der Waals surface area contributed by atoms with E-state index in [4.69, 9.17) is 14.2 Å². The maximum atomic E-state index is 5.45. The van der Waals surface area contributed by atoms with E-state index >= 15 is 0 Å². The Morgan fingerprint density at radius 1 is 0.773 bits per heavy atom. The standard InChI is InChI=1S/C18H17NO3/c1-20-15-7-5-4-6-13(15)18-14-11-17(22-3)16(21-2)10-12(14)8-9-19-18/h4-11H,1-3H3. The van der Waals surface area contributed by atoms with E-state index in [9.17, 15) is 0 Å². The van der Waals surface area contributed by atoms with Gasteiger partial charge in [-0.25, -0.2) is 0 Å². The number of pyridine rings is 1. The van der Waals surface area contributed by atoms with Crippen molar-refractivity contribution in [2.24, 2.45) is 0 Å². The number of ether oxygens (including phenoxy) is 3. The molecule has 1 heterocycles. The molecule has 4 heteroatoms. The van der Waals surface area contributed by atoms with Gasteiger partial charge in [0.1, 0.15) is 5.75 Å². The number of methoxy groups -OCH3 is 3. The molecular weight excluding hydrogens is 278 g/mol. The minimum atomic E-state index is 0.680. The van der Waals surface area contributed by atoms with Crippen LogP contribution in [0.5, 0.6) is 17.2 Å². The highest BCUT2D eigenvalue weighted by Crippen LogP contribution is 2.38. The molecule has 0 N–H and O–H groups in total. The van der Waals surface area contributed by atoms with Crippen LogP contribution in [0.2, 0.25) is 0 Å². The Balaban J connectivity index is 2.30. The van der Waals surface area contributed by atoms with Gasteiger partial charge in [-0.2, -0.15) is 0 Å². The second-order valence-electron chi connectivity index (χ2n) is 4.79. The van der Waals surface area contributed by atoms with Crippen LogP contribution < -0.4 is 14.2 Å². The largest absolute Gasteiger partial charge is 0.496 e. The van der Waals surface area contributed by atoms with Crippen LogP contribution in [0.25, 0.3) is 22.0 Å². The summed E-state index contributed by atoms with van der Waals surface area (Å²) in [4.78, 5) is 4.54. The van der Waals surface area contributed by atoms with Gasteiger partial charge in [0, 0.05) is 17.1 Å². The Labute approximate surface area is 129 Å². The van der Waals surface area contributed by atoms with Gasteiger partial charge in [-0.05, 0) is 35.7 Å². The highest BCUT2D eigenvalue weighted by molar-refractivity contribution is 5.97. The van der Waals surface area contributed by atoms with E-state index in [0.717, 1.165) is 27.8 Å². The van der Waals surface area contributed by atoms with Gasteiger partial charge in [-0.1, -0.05) is 12.1 Å². The van der Waals surface area contributed by atoms with Gasteiger partial charge in [0.25, 0.3) is 0 Å². The number of nitrogens with zero attached hydrogens (tertiary/aromatic N) is 1. The second kappa shape index (κ2) is 5.93. The van der Waals surface area contributed by atoms with Crippen molar-refractivity contribution in [3.63, 3.8) is 0 Å². The summed E-state index contributed by atoms with van der Waals surface area (Å²) in [7, 11) is 4.92. The zero-order valence-electron chi connectivity index (χ0n) is 12.8. The van der Waals surface area contributed by atoms with Crippen LogP contribution in [0.3, 0.4) is 0 Å². The average molecular weight is 295 g/mol. The zero-order valence-corrected chi connectivity index (χ0v) is 12.8. The Morgan fingerprint density at radius 2 is 1.45 bits per heavy atom. The van der Waals surface area contributed by atoms with Crippen molar-refractivity contribution in [1.82, 2.24) is 4.98 Å². The summed E-state index contributed by atoms with van der Waals surface area (Å²) in [6.07, 6.45) is 1.79. The molecule has 0 radical (unpaired) electrons. The van der Waals surface area contributed by atoms with Crippen LogP contribution in [0.1, 0.15) is 0 Å². The van der Waals surface area contributed by atoms with Crippen LogP contribution in [0, 0.1) is 0 Å². The molecule has 0 saturated heterocycles. The monoisotopic (exact) mass is 295 g/mol. The van der Waals surface area contributed by atoms with Crippen molar-refractivity contribution < 1.29 is 14.2 Å². The maximum absolute atomic E-state index is 5.45. The summed E-state index contributed by atoms with van der Waals surface area (Å²) < 4.78 is 16.2. The van der Waals surface area contributed by atoms with Crippen LogP contribution in [-0.4, -0.2) is 26.3 Å². The van der Waals surface area contributed by atoms with E-state index in [1.807, 2.05) is 42.5 Å². The topological polar surface area (TPSA) is 40.6 Å². The lowest BCUT2D eigenvalue weighted by Gasteiger charge is -2.13. The first-order valence-corrected chi connectivity index (χ1v) is 6.92. The molecule has 0 aliphatic carbocycles. The Morgan fingerprint density at radius 3 is 2.18 bits per heavy atom. The van der Waals surface area contributed by atoms with Gasteiger partial charge in [-0.15, -0.1) is 0 Å². The summed E-state index contributed by atoms with van der Waals surface area (Å²) in [5.74, 6) is 2.17. The van der Waals surface area contributed by atoms with Crippen LogP contribution in [0.15, 0.2) is 48.7 Å². The molecule has 0 amide bonds. The second-order valence-corrected chi connectivity index (χ2v) is 4.79. The SMILES string of the molecule is COc1cc2ccnc(-c3ccccc3OC)c2cc1OC. The van der Waals surface area contributed by atoms with Crippen molar-refractivity contribution in [2.45, 2.75) is 0 Å². The average Bonchev–Trinajstić information content (AvgIpc) is 2.59. The number of benzene rings is 2. The lowest BCUT2D eigenvalue weighted by atomic mass is 10.0. The summed E-state index contributed by atoms with van der Waals surface area (Å²) >= 11 is 0. The molecule has 0 bridgehead atoms. The Bertz CT molecular complexity index is 815. The number of hydrogen-bond donors (Lipinski definition) is 0. The molecule has 0 unspecified atom stereocenters. The molecule has 4 nitrogen and oxygen atoms in total. The minimum absolute atomic E-state index is 0.680. The van der Waals surface area contributed by atoms with E-state index < -0.39 is 0 Å². The third-order valence-electron chi connectivity index (χ3n) is 3.63. The van der Waals surface area contributed by atoms with Gasteiger partial charge in [0.05, 0.1) is 27.0 Å². The molecule has 0 spiro atoms. The fourth-order valence-electron chi connectivity index (χ4n) is 2.55. The molecule has 3 aromatic rings. The third-order valence-corrected chi connectivity index (χ3v) is 3.63. The van der Waals surface area contributed by atoms with Crippen molar-refractivity contribution in [3.8, 4) is 28.5 Å². The lowest BCUT2D eigenvalue weighted by molar-refractivity contribution is 0.356. The molecule has 0 atom stereocenters. The highest BCUT2D eigenvalue weighted by Gasteiger charge is 2.13. The highest BCUT2D eigenvalue weighted by atomic mass is 16.5. The smallest absolute Gasteiger partial charge is 0.161 e. The summed E-state index contributed by atoms with van der Waals surface area (Å²) in [6, 6.07) is 13.7. The molecule has 3 rings (SSSR count). The van der Waals surface area contributed by atoms with Crippen molar-refractivity contribution in [3.05, 3.63) is 48.7 Å². The molecular formula is C18H17NO3. The quantitative estimate of drug-likeness (QED) is 0.731. The minimum Gasteiger partial charge on any atom is -0.496 e. The van der Waals surface area contributed by atoms with Gasteiger partial charge in [0.15, 0.2) is 11.5 Å². The first-order valence-electron chi connectivity index (χ1n) is 6.92. The van der Waals surface area contributed by atoms with Crippen LogP contribution in [-0.2, 0) is 0 Å². The van der Waals surface area contributed by atoms with Gasteiger partial charge < -0.3 is 14.2 Å². The summed E-state index contributed by atoms with van der Waals surface area (Å²) in [5.41, 5.74) is 1.80. The Kier molecular flexibility index (Phi) is 3.83. The fraction of sp³-hybridized carbons (Fsp3) is 0.167. The molecule has 0 aliphatic rings. The van der Waals surface area contributed by atoms with E-state index in [0.29, 0.717) is 11.5 Å². The normalized spacial score (nSPS) is 10.5. The van der Waals surface area contributed by atoms with Crippen LogP contribution >= 0.6 is 0 Å². The van der Waals surface area contributed by atoms with E-state index in [-0.39, 0.29) is 0 Å². The zero-order chi connectivity index (χ0) is 15.5. The number of hydrogen-bond acceptors (Lipinski definition) is 4. The van der Waals surface area contributed by atoms with Crippen molar-refractivity contribution in [2.75, 3.05) is 21.3 Å². The van der Waals surface area contributed by atoms with Gasteiger partial charge in [0.2, 0.25) is 0 Å². The first kappa shape index (κ1) is 14.2. The molecule has 112 valence electrons. The number of fused-ring (bicyclic) bond motifs is 1. The molecule has 1 aromatic heterocycles. The maximum Gasteiger partial charge on any atom is 0.161 e. The first-order chi connectivity index (χ1) is 10.8. The summed E-state index contributed by atoms with van der Waals surface area (Å²) in [6.45, 7) is 0. The number of aromatic nitrogens is 1. The van der Waals surface area contributed by atoms with E-state index in [1.165, 1.54) is 0 Å². The fourth-order valence-corrected chi connectivity index (χ4v) is 2.55. The van der Waals surface area contributed by atoms with Gasteiger partial charge in [-0.3, -0.25) is 4.98 Å². The van der Waals surface area contributed by atoms with Crippen LogP contribution in [0.4, 0.5) is 0 Å². The molecule has 0 aliphatic heterocycles. The molecule has 2 aromatic carbocycles. The molecule has 0 fully saturated rings. The van der Waals surface area contributed by atoms with E-state index in [1.54, 1.807) is 27.5 Å². The third kappa shape index (κ3) is 2.33. The summed E-state index contributed by atoms with van der Waals surface area (Å²) in [5, 5.41) is 2.03. The predicted molar refractivity (Wildman–Crippen MR) is 86.8 cm³/mol.